The highest BCUT2D eigenvalue weighted by atomic mass is 16.6. The summed E-state index contributed by atoms with van der Waals surface area (Å²) in [5, 5.41) is 9.68. The molecule has 4 N–H and O–H groups in total. The van der Waals surface area contributed by atoms with Crippen molar-refractivity contribution in [1.29, 1.82) is 5.41 Å². The summed E-state index contributed by atoms with van der Waals surface area (Å²) in [6, 6.07) is 10.9. The molecule has 0 unspecified atom stereocenters. The Bertz CT molecular complexity index is 1330. The molecule has 42 heavy (non-hydrogen) atoms. The Morgan fingerprint density at radius 2 is 1.50 bits per heavy atom. The molecular formula is C30H34N4O8. The molecule has 0 bridgehead atoms. The van der Waals surface area contributed by atoms with Crippen LogP contribution in [0, 0.1) is 5.41 Å². The fourth-order valence-corrected chi connectivity index (χ4v) is 3.57. The standard InChI is InChI=1S/C30H34N4O8/c1-5-16-34(18-24(35)33-25(29(38)40-6-2)30(39)41-7-3)27(36)19(4)17-20-8-10-22(11-9-20)28(37)42-23-14-12-21(13-15-23)26(31)32/h5,8-15,17,25H,1,6-7,16,18H2,2-4H3,(H3,31,32)(H,33,35). The van der Waals surface area contributed by atoms with Crippen molar-refractivity contribution in [1.82, 2.24) is 10.2 Å². The minimum atomic E-state index is -1.67. The van der Waals surface area contributed by atoms with Crippen molar-refractivity contribution >= 4 is 41.6 Å². The predicted octanol–water partition coefficient (Wildman–Crippen LogP) is 2.22. The SMILES string of the molecule is C=CCN(CC(=O)NC(C(=O)OCC)C(=O)OCC)C(=O)C(C)=Cc1ccc(C(=O)Oc2ccc(C(=N)N)cc2)cc1. The molecule has 12 heteroatoms. The van der Waals surface area contributed by atoms with Gasteiger partial charge in [0, 0.05) is 17.7 Å². The quantitative estimate of drug-likeness (QED) is 0.0576. The van der Waals surface area contributed by atoms with Crippen molar-refractivity contribution in [3.8, 4) is 5.75 Å². The van der Waals surface area contributed by atoms with E-state index in [1.54, 1.807) is 51.1 Å². The average Bonchev–Trinajstić information content (AvgIpc) is 2.96. The van der Waals surface area contributed by atoms with Crippen molar-refractivity contribution < 1.29 is 38.2 Å². The largest absolute Gasteiger partial charge is 0.464 e. The normalized spacial score (nSPS) is 10.8. The van der Waals surface area contributed by atoms with Gasteiger partial charge in [0.2, 0.25) is 17.9 Å². The number of amidine groups is 1. The highest BCUT2D eigenvalue weighted by Crippen LogP contribution is 2.16. The van der Waals surface area contributed by atoms with Gasteiger partial charge in [0.1, 0.15) is 18.1 Å². The molecule has 0 aliphatic rings. The van der Waals surface area contributed by atoms with Crippen molar-refractivity contribution in [2.75, 3.05) is 26.3 Å². The summed E-state index contributed by atoms with van der Waals surface area (Å²) in [5.74, 6) is -3.62. The minimum Gasteiger partial charge on any atom is -0.464 e. The first-order valence-electron chi connectivity index (χ1n) is 13.0. The third-order valence-electron chi connectivity index (χ3n) is 5.56. The van der Waals surface area contributed by atoms with Gasteiger partial charge in [-0.1, -0.05) is 18.2 Å². The lowest BCUT2D eigenvalue weighted by Crippen LogP contribution is -2.51. The Hall–Kier alpha value is -5.26. The van der Waals surface area contributed by atoms with Crippen LogP contribution in [0.3, 0.4) is 0 Å². The Morgan fingerprint density at radius 1 is 0.952 bits per heavy atom. The Kier molecular flexibility index (Phi) is 12.6. The van der Waals surface area contributed by atoms with Crippen LogP contribution in [0.2, 0.25) is 0 Å². The van der Waals surface area contributed by atoms with Crippen LogP contribution in [0.25, 0.3) is 6.08 Å². The summed E-state index contributed by atoms with van der Waals surface area (Å²) in [5.41, 5.74) is 7.08. The molecular weight excluding hydrogens is 544 g/mol. The first-order chi connectivity index (χ1) is 20.0. The number of nitrogens with one attached hydrogen (secondary N) is 2. The Labute approximate surface area is 243 Å². The van der Waals surface area contributed by atoms with Crippen LogP contribution in [0.5, 0.6) is 5.75 Å². The van der Waals surface area contributed by atoms with Crippen LogP contribution < -0.4 is 15.8 Å². The lowest BCUT2D eigenvalue weighted by molar-refractivity contribution is -0.159. The number of rotatable bonds is 14. The highest BCUT2D eigenvalue weighted by Gasteiger charge is 2.32. The Balaban J connectivity index is 2.09. The van der Waals surface area contributed by atoms with Crippen molar-refractivity contribution in [2.45, 2.75) is 26.8 Å². The maximum atomic E-state index is 13.1. The van der Waals surface area contributed by atoms with E-state index in [-0.39, 0.29) is 42.5 Å². The molecule has 2 amide bonds. The summed E-state index contributed by atoms with van der Waals surface area (Å²) in [7, 11) is 0. The first kappa shape index (κ1) is 32.9. The van der Waals surface area contributed by atoms with Crippen molar-refractivity contribution in [2.24, 2.45) is 5.73 Å². The van der Waals surface area contributed by atoms with Gasteiger partial charge in [-0.3, -0.25) is 15.0 Å². The van der Waals surface area contributed by atoms with Gasteiger partial charge >= 0.3 is 17.9 Å². The summed E-state index contributed by atoms with van der Waals surface area (Å²) >= 11 is 0. The number of nitrogen functional groups attached to an aromatic ring is 1. The second kappa shape index (κ2) is 16.1. The highest BCUT2D eigenvalue weighted by molar-refractivity contribution is 6.04. The topological polar surface area (TPSA) is 178 Å². The van der Waals surface area contributed by atoms with Gasteiger partial charge in [-0.15, -0.1) is 6.58 Å². The molecule has 2 aromatic rings. The van der Waals surface area contributed by atoms with Gasteiger partial charge in [0.05, 0.1) is 18.8 Å². The molecule has 0 radical (unpaired) electrons. The smallest absolute Gasteiger partial charge is 0.343 e. The van der Waals surface area contributed by atoms with E-state index in [4.69, 9.17) is 25.4 Å². The molecule has 0 aliphatic carbocycles. The lowest BCUT2D eigenvalue weighted by atomic mass is 10.1. The lowest BCUT2D eigenvalue weighted by Gasteiger charge is -2.22. The van der Waals surface area contributed by atoms with Gasteiger partial charge in [-0.2, -0.15) is 0 Å². The number of nitrogens with zero attached hydrogens (tertiary/aromatic N) is 1. The van der Waals surface area contributed by atoms with E-state index in [1.807, 2.05) is 0 Å². The second-order valence-electron chi connectivity index (χ2n) is 8.76. The predicted molar refractivity (Wildman–Crippen MR) is 154 cm³/mol. The molecule has 0 aromatic heterocycles. The monoisotopic (exact) mass is 578 g/mol. The van der Waals surface area contributed by atoms with Crippen molar-refractivity contribution in [3.05, 3.63) is 83.4 Å². The number of carbonyl (C=O) groups is 5. The number of esters is 3. The van der Waals surface area contributed by atoms with Gasteiger partial charge in [-0.05, 0) is 68.8 Å². The molecule has 12 nitrogen and oxygen atoms in total. The number of amides is 2. The second-order valence-corrected chi connectivity index (χ2v) is 8.76. The maximum Gasteiger partial charge on any atom is 0.343 e. The zero-order valence-corrected chi connectivity index (χ0v) is 23.7. The molecule has 0 heterocycles. The third-order valence-corrected chi connectivity index (χ3v) is 5.56. The molecule has 0 fully saturated rings. The Morgan fingerprint density at radius 3 is 2.00 bits per heavy atom. The fourth-order valence-electron chi connectivity index (χ4n) is 3.57. The van der Waals surface area contributed by atoms with E-state index in [0.29, 0.717) is 11.1 Å². The van der Waals surface area contributed by atoms with Crippen LogP contribution in [-0.4, -0.2) is 72.8 Å². The fraction of sp³-hybridized carbons (Fsp3) is 0.267. The maximum absolute atomic E-state index is 13.1. The third kappa shape index (κ3) is 9.73. The van der Waals surface area contributed by atoms with E-state index in [2.05, 4.69) is 11.9 Å². The zero-order chi connectivity index (χ0) is 31.2. The summed E-state index contributed by atoms with van der Waals surface area (Å²) < 4.78 is 15.0. The number of hydrogen-bond donors (Lipinski definition) is 3. The van der Waals surface area contributed by atoms with E-state index >= 15 is 0 Å². The van der Waals surface area contributed by atoms with Crippen LogP contribution in [-0.2, 0) is 28.7 Å². The summed E-state index contributed by atoms with van der Waals surface area (Å²) in [4.78, 5) is 63.8. The van der Waals surface area contributed by atoms with Crippen LogP contribution in [0.15, 0.2) is 66.8 Å². The number of ether oxygens (including phenoxy) is 3. The number of benzene rings is 2. The molecule has 0 saturated heterocycles. The van der Waals surface area contributed by atoms with Gasteiger partial charge in [-0.25, -0.2) is 14.4 Å². The molecule has 0 atom stereocenters. The summed E-state index contributed by atoms with van der Waals surface area (Å²) in [6.07, 6.45) is 3.01. The van der Waals surface area contributed by atoms with E-state index in [1.165, 1.54) is 35.2 Å². The molecule has 222 valence electrons. The average molecular weight is 579 g/mol. The molecule has 0 spiro atoms. The number of hydrogen-bond acceptors (Lipinski definition) is 9. The molecule has 0 aliphatic heterocycles. The number of nitrogens with two attached hydrogens (primary N) is 1. The molecule has 0 saturated carbocycles. The summed E-state index contributed by atoms with van der Waals surface area (Å²) in [6.45, 7) is 7.81. The van der Waals surface area contributed by atoms with Gasteiger partial charge < -0.3 is 30.2 Å². The van der Waals surface area contributed by atoms with Crippen LogP contribution >= 0.6 is 0 Å². The van der Waals surface area contributed by atoms with Crippen LogP contribution in [0.1, 0.15) is 42.3 Å². The van der Waals surface area contributed by atoms with E-state index < -0.39 is 42.3 Å². The molecule has 2 rings (SSSR count). The zero-order valence-electron chi connectivity index (χ0n) is 23.7. The first-order valence-corrected chi connectivity index (χ1v) is 13.0. The molecule has 2 aromatic carbocycles. The number of carbonyl (C=O) groups excluding carboxylic acids is 5. The van der Waals surface area contributed by atoms with Crippen LogP contribution in [0.4, 0.5) is 0 Å². The van der Waals surface area contributed by atoms with Gasteiger partial charge in [0.15, 0.2) is 0 Å². The van der Waals surface area contributed by atoms with E-state index in [9.17, 15) is 24.0 Å². The van der Waals surface area contributed by atoms with Gasteiger partial charge in [0.25, 0.3) is 0 Å². The van der Waals surface area contributed by atoms with E-state index in [0.717, 1.165) is 0 Å². The minimum absolute atomic E-state index is 0.00611. The van der Waals surface area contributed by atoms with Crippen molar-refractivity contribution in [3.63, 3.8) is 0 Å².